The molecule has 0 aromatic heterocycles. The molecule has 1 heterocycles. The molecule has 2 rings (SSSR count). The van der Waals surface area contributed by atoms with Crippen molar-refractivity contribution in [2.75, 3.05) is 26.9 Å². The van der Waals surface area contributed by atoms with Gasteiger partial charge in [-0.1, -0.05) is 13.3 Å². The first kappa shape index (κ1) is 19.3. The molecule has 22 heavy (non-hydrogen) atoms. The largest absolute Gasteiger partial charge is 0.491 e. The topological polar surface area (TPSA) is 38.8 Å². The molecular weight excluding hydrogens is 355 g/mol. The second-order valence-corrected chi connectivity index (χ2v) is 5.08. The van der Waals surface area contributed by atoms with E-state index >= 15 is 0 Å². The number of hydrogen-bond acceptors (Lipinski definition) is 3. The summed E-state index contributed by atoms with van der Waals surface area (Å²) in [5, 5.41) is 0. The average Bonchev–Trinajstić information content (AvgIpc) is 2.51. The van der Waals surface area contributed by atoms with Crippen LogP contribution in [0.5, 0.6) is 5.75 Å². The van der Waals surface area contributed by atoms with Crippen LogP contribution in [-0.2, 0) is 42.2 Å². The van der Waals surface area contributed by atoms with Crippen molar-refractivity contribution in [3.05, 3.63) is 35.9 Å². The van der Waals surface area contributed by atoms with E-state index in [4.69, 9.17) is 9.47 Å². The fourth-order valence-electron chi connectivity index (χ4n) is 2.33. The first-order chi connectivity index (χ1) is 10.2. The van der Waals surface area contributed by atoms with Crippen molar-refractivity contribution in [2.24, 2.45) is 5.92 Å². The molecule has 5 heteroatoms. The summed E-state index contributed by atoms with van der Waals surface area (Å²) in [6, 6.07) is 7.76. The molecule has 1 aliphatic rings. The van der Waals surface area contributed by atoms with Crippen LogP contribution in [0.25, 0.3) is 5.70 Å². The number of carbonyl (C=O) groups excluding carboxylic acids is 1. The van der Waals surface area contributed by atoms with E-state index in [-0.39, 0.29) is 44.5 Å². The van der Waals surface area contributed by atoms with Crippen molar-refractivity contribution in [1.29, 1.82) is 0 Å². The van der Waals surface area contributed by atoms with Gasteiger partial charge in [-0.2, -0.15) is 5.56 Å². The van der Waals surface area contributed by atoms with Crippen LogP contribution < -0.4 is 4.74 Å². The number of carbonyl (C=O) groups is 1. The molecular formula is C17H22NO3Y-. The SMILES string of the molecule is CCN1C(=O)C(C)C[C-]=C1c1ccc(OCCOC)cc1.[Y]. The Balaban J connectivity index is 0.00000242. The monoisotopic (exact) mass is 377 g/mol. The van der Waals surface area contributed by atoms with Gasteiger partial charge in [-0.15, -0.1) is 17.8 Å². The fourth-order valence-corrected chi connectivity index (χ4v) is 2.33. The molecule has 0 bridgehead atoms. The van der Waals surface area contributed by atoms with Gasteiger partial charge in [-0.3, -0.25) is 4.79 Å². The van der Waals surface area contributed by atoms with Crippen LogP contribution in [0.2, 0.25) is 0 Å². The molecule has 1 unspecified atom stereocenters. The third kappa shape index (κ3) is 4.64. The number of ether oxygens (including phenoxy) is 2. The van der Waals surface area contributed by atoms with E-state index in [1.165, 1.54) is 0 Å². The zero-order chi connectivity index (χ0) is 15.2. The Morgan fingerprint density at radius 1 is 1.27 bits per heavy atom. The summed E-state index contributed by atoms with van der Waals surface area (Å²) >= 11 is 0. The number of nitrogens with zero attached hydrogens (tertiary/aromatic N) is 1. The summed E-state index contributed by atoms with van der Waals surface area (Å²) in [4.78, 5) is 14.0. The van der Waals surface area contributed by atoms with Crippen LogP contribution in [0.4, 0.5) is 0 Å². The van der Waals surface area contributed by atoms with E-state index in [1.807, 2.05) is 38.1 Å². The van der Waals surface area contributed by atoms with Crippen molar-refractivity contribution >= 4 is 11.6 Å². The first-order valence-electron chi connectivity index (χ1n) is 7.31. The molecule has 1 aliphatic heterocycles. The number of allylic oxidation sites excluding steroid dienone is 1. The zero-order valence-corrected chi connectivity index (χ0v) is 16.3. The normalized spacial score (nSPS) is 17.8. The Kier molecular flexibility index (Phi) is 8.30. The third-order valence-electron chi connectivity index (χ3n) is 3.53. The fraction of sp³-hybridized carbons (Fsp3) is 0.471. The van der Waals surface area contributed by atoms with Gasteiger partial charge < -0.3 is 14.4 Å². The molecule has 117 valence electrons. The second-order valence-electron chi connectivity index (χ2n) is 5.08. The summed E-state index contributed by atoms with van der Waals surface area (Å²) in [7, 11) is 1.65. The Bertz CT molecular complexity index is 513. The molecule has 1 aromatic rings. The molecule has 0 saturated heterocycles. The minimum Gasteiger partial charge on any atom is -0.491 e. The molecule has 0 spiro atoms. The zero-order valence-electron chi connectivity index (χ0n) is 13.5. The predicted octanol–water partition coefficient (Wildman–Crippen LogP) is 2.74. The summed E-state index contributed by atoms with van der Waals surface area (Å²) in [5.74, 6) is 0.993. The average molecular weight is 377 g/mol. The Hall–Kier alpha value is -0.706. The standard InChI is InChI=1S/C17H22NO3.Y/c1-4-18-16(10-5-13(2)17(18)19)14-6-8-15(9-7-14)21-12-11-20-3;/h6-9,13H,4-5,11-12H2,1-3H3;/q-1;. The second kappa shape index (κ2) is 9.44. The van der Waals surface area contributed by atoms with E-state index in [0.29, 0.717) is 26.2 Å². The summed E-state index contributed by atoms with van der Waals surface area (Å²) in [5.41, 5.74) is 1.88. The number of hydrogen-bond donors (Lipinski definition) is 0. The van der Waals surface area contributed by atoms with Crippen LogP contribution in [0.15, 0.2) is 24.3 Å². The van der Waals surface area contributed by atoms with Gasteiger partial charge in [-0.25, -0.2) is 6.08 Å². The van der Waals surface area contributed by atoms with Crippen molar-refractivity contribution in [1.82, 2.24) is 4.90 Å². The summed E-state index contributed by atoms with van der Waals surface area (Å²) in [6.45, 7) is 5.69. The Morgan fingerprint density at radius 3 is 2.55 bits per heavy atom. The molecule has 1 atom stereocenters. The molecule has 0 fully saturated rings. The quantitative estimate of drug-likeness (QED) is 0.565. The van der Waals surface area contributed by atoms with Gasteiger partial charge in [0, 0.05) is 52.3 Å². The van der Waals surface area contributed by atoms with Crippen molar-refractivity contribution in [3.63, 3.8) is 0 Å². The molecule has 0 aliphatic carbocycles. The minimum atomic E-state index is 0. The Labute approximate surface area is 157 Å². The van der Waals surface area contributed by atoms with Crippen LogP contribution in [0, 0.1) is 12.0 Å². The molecule has 1 radical (unpaired) electrons. The van der Waals surface area contributed by atoms with E-state index < -0.39 is 0 Å². The van der Waals surface area contributed by atoms with E-state index in [1.54, 1.807) is 12.0 Å². The van der Waals surface area contributed by atoms with Crippen LogP contribution in [0.3, 0.4) is 0 Å². The first-order valence-corrected chi connectivity index (χ1v) is 7.31. The molecule has 0 saturated carbocycles. The minimum absolute atomic E-state index is 0. The smallest absolute Gasteiger partial charge is 0.225 e. The van der Waals surface area contributed by atoms with Gasteiger partial charge in [0.25, 0.3) is 0 Å². The molecule has 0 N–H and O–H groups in total. The van der Waals surface area contributed by atoms with Crippen LogP contribution >= 0.6 is 0 Å². The van der Waals surface area contributed by atoms with Crippen LogP contribution in [-0.4, -0.2) is 37.7 Å². The van der Waals surface area contributed by atoms with Crippen LogP contribution in [0.1, 0.15) is 25.8 Å². The molecule has 1 amide bonds. The van der Waals surface area contributed by atoms with E-state index in [0.717, 1.165) is 17.0 Å². The van der Waals surface area contributed by atoms with Crippen molar-refractivity contribution in [3.8, 4) is 5.75 Å². The number of rotatable bonds is 6. The maximum Gasteiger partial charge on any atom is 0.225 e. The van der Waals surface area contributed by atoms with Crippen molar-refractivity contribution < 1.29 is 47.0 Å². The maximum absolute atomic E-state index is 12.2. The Morgan fingerprint density at radius 2 is 1.95 bits per heavy atom. The predicted molar refractivity (Wildman–Crippen MR) is 81.6 cm³/mol. The third-order valence-corrected chi connectivity index (χ3v) is 3.53. The molecule has 1 aromatic carbocycles. The van der Waals surface area contributed by atoms with Gasteiger partial charge >= 0.3 is 0 Å². The molecule has 4 nitrogen and oxygen atoms in total. The van der Waals surface area contributed by atoms with E-state index in [2.05, 4.69) is 6.08 Å². The number of methoxy groups -OCH3 is 1. The number of benzene rings is 1. The van der Waals surface area contributed by atoms with Gasteiger partial charge in [0.15, 0.2) is 0 Å². The number of amides is 1. The van der Waals surface area contributed by atoms with Crippen molar-refractivity contribution in [2.45, 2.75) is 20.3 Å². The van der Waals surface area contributed by atoms with Gasteiger partial charge in [0.05, 0.1) is 6.61 Å². The summed E-state index contributed by atoms with van der Waals surface area (Å²) in [6.07, 6.45) is 4.03. The summed E-state index contributed by atoms with van der Waals surface area (Å²) < 4.78 is 10.5. The van der Waals surface area contributed by atoms with Gasteiger partial charge in [0.2, 0.25) is 5.91 Å². The van der Waals surface area contributed by atoms with Gasteiger partial charge in [0.1, 0.15) is 12.4 Å². The van der Waals surface area contributed by atoms with E-state index in [9.17, 15) is 4.79 Å². The maximum atomic E-state index is 12.2. The van der Waals surface area contributed by atoms with Gasteiger partial charge in [-0.05, 0) is 19.1 Å².